The van der Waals surface area contributed by atoms with Crippen molar-refractivity contribution in [2.75, 3.05) is 13.1 Å². The molecule has 1 rings (SSSR count). The zero-order valence-electron chi connectivity index (χ0n) is 13.0. The van der Waals surface area contributed by atoms with E-state index < -0.39 is 0 Å². The van der Waals surface area contributed by atoms with Crippen molar-refractivity contribution in [2.24, 2.45) is 0 Å². The molecule has 0 radical (unpaired) electrons. The van der Waals surface area contributed by atoms with Gasteiger partial charge in [0.05, 0.1) is 0 Å². The van der Waals surface area contributed by atoms with Crippen molar-refractivity contribution in [3.8, 4) is 0 Å². The molecule has 108 valence electrons. The normalized spacial score (nSPS) is 11.7. The quantitative estimate of drug-likeness (QED) is 0.590. The summed E-state index contributed by atoms with van der Waals surface area (Å²) in [5, 5.41) is 3.62. The van der Waals surface area contributed by atoms with E-state index in [4.69, 9.17) is 0 Å². The molecule has 1 heteroatoms. The Hall–Kier alpha value is -0.820. The molecule has 1 nitrogen and oxygen atoms in total. The largest absolute Gasteiger partial charge is 0.316 e. The highest BCUT2D eigenvalue weighted by molar-refractivity contribution is 5.23. The van der Waals surface area contributed by atoms with Crippen molar-refractivity contribution in [3.05, 3.63) is 35.9 Å². The van der Waals surface area contributed by atoms with Gasteiger partial charge in [-0.3, -0.25) is 0 Å². The summed E-state index contributed by atoms with van der Waals surface area (Å²) >= 11 is 0. The molecular weight excluding hydrogens is 230 g/mol. The molecule has 0 aliphatic heterocycles. The first kappa shape index (κ1) is 16.2. The molecule has 0 saturated heterocycles. The SMILES string of the molecule is CCCCCCCCNCC(C)(C)c1ccccc1. The maximum absolute atomic E-state index is 3.62. The number of hydrogen-bond donors (Lipinski definition) is 1. The summed E-state index contributed by atoms with van der Waals surface area (Å²) in [4.78, 5) is 0. The lowest BCUT2D eigenvalue weighted by Gasteiger charge is -2.25. The molecule has 19 heavy (non-hydrogen) atoms. The lowest BCUT2D eigenvalue weighted by Crippen LogP contribution is -2.33. The Labute approximate surface area is 119 Å². The van der Waals surface area contributed by atoms with Gasteiger partial charge in [-0.05, 0) is 18.5 Å². The highest BCUT2D eigenvalue weighted by Crippen LogP contribution is 2.21. The van der Waals surface area contributed by atoms with Gasteiger partial charge in [-0.2, -0.15) is 0 Å². The Morgan fingerprint density at radius 1 is 0.895 bits per heavy atom. The zero-order chi connectivity index (χ0) is 14.0. The molecule has 0 fully saturated rings. The van der Waals surface area contributed by atoms with Gasteiger partial charge in [0, 0.05) is 12.0 Å². The molecule has 0 heterocycles. The fourth-order valence-corrected chi connectivity index (χ4v) is 2.42. The van der Waals surface area contributed by atoms with E-state index in [1.54, 1.807) is 0 Å². The van der Waals surface area contributed by atoms with Gasteiger partial charge < -0.3 is 5.32 Å². The fourth-order valence-electron chi connectivity index (χ4n) is 2.42. The van der Waals surface area contributed by atoms with Crippen molar-refractivity contribution < 1.29 is 0 Å². The van der Waals surface area contributed by atoms with Crippen LogP contribution in [0.4, 0.5) is 0 Å². The summed E-state index contributed by atoms with van der Waals surface area (Å²) in [5.74, 6) is 0. The minimum Gasteiger partial charge on any atom is -0.316 e. The summed E-state index contributed by atoms with van der Waals surface area (Å²) < 4.78 is 0. The fraction of sp³-hybridized carbons (Fsp3) is 0.667. The van der Waals surface area contributed by atoms with Crippen LogP contribution in [-0.2, 0) is 5.41 Å². The molecule has 1 aromatic carbocycles. The summed E-state index contributed by atoms with van der Waals surface area (Å²) in [5.41, 5.74) is 1.65. The number of rotatable bonds is 10. The van der Waals surface area contributed by atoms with E-state index in [2.05, 4.69) is 56.4 Å². The standard InChI is InChI=1S/C18H31N/c1-4-5-6-7-8-12-15-19-16-18(2,3)17-13-10-9-11-14-17/h9-11,13-14,19H,4-8,12,15-16H2,1-3H3. The molecular formula is C18H31N. The second kappa shape index (κ2) is 9.14. The van der Waals surface area contributed by atoms with Gasteiger partial charge in [0.2, 0.25) is 0 Å². The number of hydrogen-bond acceptors (Lipinski definition) is 1. The smallest absolute Gasteiger partial charge is 0.00431 e. The van der Waals surface area contributed by atoms with E-state index in [9.17, 15) is 0 Å². The van der Waals surface area contributed by atoms with Crippen LogP contribution in [0.5, 0.6) is 0 Å². The van der Waals surface area contributed by atoms with Gasteiger partial charge in [-0.25, -0.2) is 0 Å². The Morgan fingerprint density at radius 2 is 1.53 bits per heavy atom. The second-order valence-corrected chi connectivity index (χ2v) is 6.19. The number of nitrogens with one attached hydrogen (secondary N) is 1. The molecule has 0 aliphatic rings. The van der Waals surface area contributed by atoms with Crippen LogP contribution in [0.3, 0.4) is 0 Å². The van der Waals surface area contributed by atoms with E-state index in [0.717, 1.165) is 13.1 Å². The van der Waals surface area contributed by atoms with Crippen molar-refractivity contribution in [1.82, 2.24) is 5.32 Å². The van der Waals surface area contributed by atoms with E-state index in [-0.39, 0.29) is 5.41 Å². The van der Waals surface area contributed by atoms with Crippen LogP contribution in [0.25, 0.3) is 0 Å². The Kier molecular flexibility index (Phi) is 7.81. The average Bonchev–Trinajstić information content (AvgIpc) is 2.43. The first-order valence-electron chi connectivity index (χ1n) is 7.93. The van der Waals surface area contributed by atoms with Crippen LogP contribution < -0.4 is 5.32 Å². The molecule has 0 spiro atoms. The van der Waals surface area contributed by atoms with Crippen LogP contribution in [0.2, 0.25) is 0 Å². The average molecular weight is 261 g/mol. The van der Waals surface area contributed by atoms with Crippen LogP contribution in [0.15, 0.2) is 30.3 Å². The predicted octanol–water partition coefficient (Wildman–Crippen LogP) is 4.91. The molecule has 0 bridgehead atoms. The van der Waals surface area contributed by atoms with Crippen LogP contribution in [0, 0.1) is 0 Å². The van der Waals surface area contributed by atoms with Gasteiger partial charge in [0.15, 0.2) is 0 Å². The summed E-state index contributed by atoms with van der Waals surface area (Å²) in [6, 6.07) is 10.8. The van der Waals surface area contributed by atoms with E-state index >= 15 is 0 Å². The molecule has 0 unspecified atom stereocenters. The Bertz CT molecular complexity index is 316. The summed E-state index contributed by atoms with van der Waals surface area (Å²) in [6.45, 7) is 9.12. The maximum atomic E-state index is 3.62. The third-order valence-electron chi connectivity index (χ3n) is 3.83. The molecule has 1 aromatic rings. The van der Waals surface area contributed by atoms with Crippen LogP contribution >= 0.6 is 0 Å². The molecule has 0 saturated carbocycles. The van der Waals surface area contributed by atoms with Crippen LogP contribution in [0.1, 0.15) is 64.9 Å². The van der Waals surface area contributed by atoms with Crippen molar-refractivity contribution in [2.45, 2.75) is 64.7 Å². The first-order valence-corrected chi connectivity index (χ1v) is 7.93. The minimum absolute atomic E-state index is 0.226. The van der Waals surface area contributed by atoms with Crippen molar-refractivity contribution >= 4 is 0 Å². The highest BCUT2D eigenvalue weighted by atomic mass is 14.9. The topological polar surface area (TPSA) is 12.0 Å². The number of benzene rings is 1. The minimum atomic E-state index is 0.226. The van der Waals surface area contributed by atoms with E-state index in [0.29, 0.717) is 0 Å². The maximum Gasteiger partial charge on any atom is 0.00431 e. The zero-order valence-corrected chi connectivity index (χ0v) is 13.0. The summed E-state index contributed by atoms with van der Waals surface area (Å²) in [6.07, 6.45) is 8.23. The van der Waals surface area contributed by atoms with E-state index in [1.807, 2.05) is 0 Å². The van der Waals surface area contributed by atoms with Gasteiger partial charge >= 0.3 is 0 Å². The highest BCUT2D eigenvalue weighted by Gasteiger charge is 2.19. The van der Waals surface area contributed by atoms with Gasteiger partial charge in [-0.15, -0.1) is 0 Å². The lowest BCUT2D eigenvalue weighted by molar-refractivity contribution is 0.460. The second-order valence-electron chi connectivity index (χ2n) is 6.19. The summed E-state index contributed by atoms with van der Waals surface area (Å²) in [7, 11) is 0. The van der Waals surface area contributed by atoms with Gasteiger partial charge in [-0.1, -0.05) is 83.2 Å². The first-order chi connectivity index (χ1) is 9.17. The molecule has 0 aromatic heterocycles. The number of unbranched alkanes of at least 4 members (excludes halogenated alkanes) is 5. The van der Waals surface area contributed by atoms with Gasteiger partial charge in [0.25, 0.3) is 0 Å². The molecule has 0 amide bonds. The monoisotopic (exact) mass is 261 g/mol. The molecule has 0 atom stereocenters. The van der Waals surface area contributed by atoms with E-state index in [1.165, 1.54) is 44.1 Å². The molecule has 0 aliphatic carbocycles. The third kappa shape index (κ3) is 6.77. The third-order valence-corrected chi connectivity index (χ3v) is 3.83. The predicted molar refractivity (Wildman–Crippen MR) is 85.7 cm³/mol. The van der Waals surface area contributed by atoms with Gasteiger partial charge in [0.1, 0.15) is 0 Å². The Morgan fingerprint density at radius 3 is 2.21 bits per heavy atom. The van der Waals surface area contributed by atoms with Crippen molar-refractivity contribution in [3.63, 3.8) is 0 Å². The van der Waals surface area contributed by atoms with Crippen molar-refractivity contribution in [1.29, 1.82) is 0 Å². The molecule has 1 N–H and O–H groups in total. The Balaban J connectivity index is 2.12. The van der Waals surface area contributed by atoms with Crippen LogP contribution in [-0.4, -0.2) is 13.1 Å². The lowest BCUT2D eigenvalue weighted by atomic mass is 9.84.